The molecule has 0 amide bonds. The summed E-state index contributed by atoms with van der Waals surface area (Å²) in [6, 6.07) is 3.99. The molecule has 1 aliphatic rings. The van der Waals surface area contributed by atoms with Crippen molar-refractivity contribution >= 4 is 0 Å². The van der Waals surface area contributed by atoms with Crippen molar-refractivity contribution in [3.8, 4) is 0 Å². The van der Waals surface area contributed by atoms with Crippen LogP contribution in [-0.4, -0.2) is 19.3 Å². The number of hydrogen-bond donors (Lipinski definition) is 1. The lowest BCUT2D eigenvalue weighted by atomic mass is 10.2. The molecule has 4 heteroatoms. The molecule has 0 spiro atoms. The molecule has 94 valence electrons. The maximum Gasteiger partial charge on any atom is 0.126 e. The van der Waals surface area contributed by atoms with Gasteiger partial charge in [-0.05, 0) is 37.0 Å². The highest BCUT2D eigenvalue weighted by Crippen LogP contribution is 2.21. The molecule has 0 radical (unpaired) electrons. The molecule has 0 aliphatic heterocycles. The van der Waals surface area contributed by atoms with Crippen LogP contribution < -0.4 is 5.32 Å². The first-order valence-corrected chi connectivity index (χ1v) is 5.88. The number of hydrogen-bond acceptors (Lipinski definition) is 2. The van der Waals surface area contributed by atoms with Gasteiger partial charge in [0.2, 0.25) is 0 Å². The number of rotatable bonds is 4. The molecule has 2 unspecified atom stereocenters. The first kappa shape index (κ1) is 12.5. The van der Waals surface area contributed by atoms with Crippen molar-refractivity contribution in [1.29, 1.82) is 0 Å². The van der Waals surface area contributed by atoms with Crippen LogP contribution in [-0.2, 0) is 11.3 Å². The minimum atomic E-state index is -0.525. The van der Waals surface area contributed by atoms with Crippen LogP contribution in [0.4, 0.5) is 8.78 Å². The zero-order valence-electron chi connectivity index (χ0n) is 9.88. The third-order valence-corrected chi connectivity index (χ3v) is 3.24. The van der Waals surface area contributed by atoms with Gasteiger partial charge in [-0.25, -0.2) is 8.78 Å². The lowest BCUT2D eigenvalue weighted by Crippen LogP contribution is -2.26. The Morgan fingerprint density at radius 2 is 1.94 bits per heavy atom. The van der Waals surface area contributed by atoms with E-state index in [9.17, 15) is 8.78 Å². The zero-order valence-corrected chi connectivity index (χ0v) is 9.88. The second-order valence-electron chi connectivity index (χ2n) is 4.53. The van der Waals surface area contributed by atoms with E-state index in [0.29, 0.717) is 24.3 Å². The van der Waals surface area contributed by atoms with Crippen LogP contribution in [0.3, 0.4) is 0 Å². The van der Waals surface area contributed by atoms with E-state index in [2.05, 4.69) is 5.32 Å². The summed E-state index contributed by atoms with van der Waals surface area (Å²) in [5.74, 6) is -1.05. The summed E-state index contributed by atoms with van der Waals surface area (Å²) in [6.45, 7) is 0.496. The first-order chi connectivity index (χ1) is 8.17. The number of benzene rings is 1. The first-order valence-electron chi connectivity index (χ1n) is 5.88. The number of halogens is 2. The van der Waals surface area contributed by atoms with Gasteiger partial charge in [0.1, 0.15) is 11.6 Å². The maximum absolute atomic E-state index is 13.0. The summed E-state index contributed by atoms with van der Waals surface area (Å²) in [7, 11) is 1.72. The molecule has 1 aliphatic carbocycles. The summed E-state index contributed by atoms with van der Waals surface area (Å²) >= 11 is 0. The molecular formula is C13H17F2NO. The highest BCUT2D eigenvalue weighted by Gasteiger charge is 2.23. The van der Waals surface area contributed by atoms with E-state index in [1.54, 1.807) is 7.11 Å². The molecule has 0 heterocycles. The highest BCUT2D eigenvalue weighted by molar-refractivity contribution is 5.17. The minimum Gasteiger partial charge on any atom is -0.381 e. The fourth-order valence-electron chi connectivity index (χ4n) is 2.31. The van der Waals surface area contributed by atoms with Crippen molar-refractivity contribution in [3.05, 3.63) is 35.4 Å². The molecule has 1 aromatic carbocycles. The van der Waals surface area contributed by atoms with Crippen molar-refractivity contribution in [3.63, 3.8) is 0 Å². The second-order valence-corrected chi connectivity index (χ2v) is 4.53. The molecule has 1 fully saturated rings. The van der Waals surface area contributed by atoms with E-state index in [0.717, 1.165) is 25.3 Å². The largest absolute Gasteiger partial charge is 0.381 e. The van der Waals surface area contributed by atoms with Gasteiger partial charge in [-0.15, -0.1) is 0 Å². The average molecular weight is 241 g/mol. The SMILES string of the molecule is COC1CCC(NCc2cc(F)cc(F)c2)C1. The topological polar surface area (TPSA) is 21.3 Å². The predicted octanol–water partition coefficient (Wildman–Crippen LogP) is 2.62. The Balaban J connectivity index is 1.85. The quantitative estimate of drug-likeness (QED) is 0.875. The van der Waals surface area contributed by atoms with Crippen LogP contribution >= 0.6 is 0 Å². The molecule has 1 aromatic rings. The molecule has 1 N–H and O–H groups in total. The summed E-state index contributed by atoms with van der Waals surface area (Å²) in [5.41, 5.74) is 0.642. The van der Waals surface area contributed by atoms with Crippen LogP contribution in [0.25, 0.3) is 0 Å². The van der Waals surface area contributed by atoms with Crippen molar-refractivity contribution < 1.29 is 13.5 Å². The van der Waals surface area contributed by atoms with Gasteiger partial charge in [0.05, 0.1) is 6.10 Å². The van der Waals surface area contributed by atoms with E-state index in [1.165, 1.54) is 12.1 Å². The Kier molecular flexibility index (Phi) is 4.07. The van der Waals surface area contributed by atoms with Crippen LogP contribution in [0, 0.1) is 11.6 Å². The smallest absolute Gasteiger partial charge is 0.126 e. The van der Waals surface area contributed by atoms with Crippen LogP contribution in [0.1, 0.15) is 24.8 Å². The van der Waals surface area contributed by atoms with Crippen molar-refractivity contribution in [1.82, 2.24) is 5.32 Å². The molecule has 2 atom stereocenters. The third-order valence-electron chi connectivity index (χ3n) is 3.24. The van der Waals surface area contributed by atoms with E-state index in [-0.39, 0.29) is 0 Å². The highest BCUT2D eigenvalue weighted by atomic mass is 19.1. The maximum atomic E-state index is 13.0. The Labute approximate surface area is 100.0 Å². The Bertz CT molecular complexity index is 363. The number of ether oxygens (including phenoxy) is 1. The van der Waals surface area contributed by atoms with Crippen LogP contribution in [0.5, 0.6) is 0 Å². The minimum absolute atomic E-state index is 0.316. The molecule has 2 rings (SSSR count). The monoisotopic (exact) mass is 241 g/mol. The van der Waals surface area contributed by atoms with E-state index >= 15 is 0 Å². The van der Waals surface area contributed by atoms with E-state index in [4.69, 9.17) is 4.74 Å². The lowest BCUT2D eigenvalue weighted by molar-refractivity contribution is 0.107. The lowest BCUT2D eigenvalue weighted by Gasteiger charge is -2.13. The third kappa shape index (κ3) is 3.48. The van der Waals surface area contributed by atoms with Crippen LogP contribution in [0.2, 0.25) is 0 Å². The van der Waals surface area contributed by atoms with Crippen molar-refractivity contribution in [2.75, 3.05) is 7.11 Å². The summed E-state index contributed by atoms with van der Waals surface area (Å²) in [5, 5.41) is 3.30. The van der Waals surface area contributed by atoms with Crippen molar-refractivity contribution in [2.45, 2.75) is 38.0 Å². The van der Waals surface area contributed by atoms with Gasteiger partial charge in [-0.2, -0.15) is 0 Å². The van der Waals surface area contributed by atoms with Gasteiger partial charge in [0.15, 0.2) is 0 Å². The summed E-state index contributed by atoms with van der Waals surface area (Å²) in [4.78, 5) is 0. The fraction of sp³-hybridized carbons (Fsp3) is 0.538. The van der Waals surface area contributed by atoms with Gasteiger partial charge in [0, 0.05) is 25.8 Å². The average Bonchev–Trinajstić information content (AvgIpc) is 2.73. The molecule has 0 saturated heterocycles. The summed E-state index contributed by atoms with van der Waals surface area (Å²) < 4.78 is 31.2. The predicted molar refractivity (Wildman–Crippen MR) is 61.6 cm³/mol. The van der Waals surface area contributed by atoms with Gasteiger partial charge in [-0.3, -0.25) is 0 Å². The van der Waals surface area contributed by atoms with Gasteiger partial charge in [-0.1, -0.05) is 0 Å². The molecule has 2 nitrogen and oxygen atoms in total. The van der Waals surface area contributed by atoms with Crippen molar-refractivity contribution in [2.24, 2.45) is 0 Å². The molecule has 1 saturated carbocycles. The normalized spacial score (nSPS) is 24.2. The number of nitrogens with one attached hydrogen (secondary N) is 1. The Morgan fingerprint density at radius 1 is 1.24 bits per heavy atom. The van der Waals surface area contributed by atoms with E-state index in [1.807, 2.05) is 0 Å². The van der Waals surface area contributed by atoms with Gasteiger partial charge in [0.25, 0.3) is 0 Å². The van der Waals surface area contributed by atoms with Crippen LogP contribution in [0.15, 0.2) is 18.2 Å². The van der Waals surface area contributed by atoms with E-state index < -0.39 is 11.6 Å². The fourth-order valence-corrected chi connectivity index (χ4v) is 2.31. The zero-order chi connectivity index (χ0) is 12.3. The molecular weight excluding hydrogens is 224 g/mol. The Morgan fingerprint density at radius 3 is 2.53 bits per heavy atom. The van der Waals surface area contributed by atoms with Gasteiger partial charge >= 0.3 is 0 Å². The number of methoxy groups -OCH3 is 1. The standard InChI is InChI=1S/C13H17F2NO/c1-17-13-3-2-12(7-13)16-8-9-4-10(14)6-11(15)5-9/h4-6,12-13,16H,2-3,7-8H2,1H3. The molecule has 0 bridgehead atoms. The Hall–Kier alpha value is -1.00. The van der Waals surface area contributed by atoms with Gasteiger partial charge < -0.3 is 10.1 Å². The second kappa shape index (κ2) is 5.56. The molecule has 17 heavy (non-hydrogen) atoms. The molecule has 0 aromatic heterocycles. The summed E-state index contributed by atoms with van der Waals surface area (Å²) in [6.07, 6.45) is 3.38.